The lowest BCUT2D eigenvalue weighted by Crippen LogP contribution is -2.18. The van der Waals surface area contributed by atoms with Crippen LogP contribution in [0.15, 0.2) is 53.8 Å². The Hall–Kier alpha value is -2.16. The highest BCUT2D eigenvalue weighted by molar-refractivity contribution is 6.19. The summed E-state index contributed by atoms with van der Waals surface area (Å²) >= 11 is 0. The molecule has 3 heteroatoms. The summed E-state index contributed by atoms with van der Waals surface area (Å²) in [5.41, 5.74) is 0.467. The Labute approximate surface area is 106 Å². The van der Waals surface area contributed by atoms with Crippen molar-refractivity contribution in [3.8, 4) is 5.75 Å². The van der Waals surface area contributed by atoms with E-state index in [4.69, 9.17) is 4.74 Å². The minimum atomic E-state index is -0.248. The van der Waals surface area contributed by atoms with Gasteiger partial charge in [0.2, 0.25) is 5.78 Å². The van der Waals surface area contributed by atoms with Crippen molar-refractivity contribution in [2.75, 3.05) is 0 Å². The number of ketones is 2. The Morgan fingerprint density at radius 3 is 2.33 bits per heavy atom. The van der Waals surface area contributed by atoms with Gasteiger partial charge in [0.15, 0.2) is 11.5 Å². The number of rotatable bonds is 4. The van der Waals surface area contributed by atoms with Gasteiger partial charge in [-0.2, -0.15) is 0 Å². The van der Waals surface area contributed by atoms with Crippen molar-refractivity contribution in [1.82, 2.24) is 0 Å². The molecular formula is C15H14O3. The maximum Gasteiger partial charge on any atom is 0.221 e. The van der Waals surface area contributed by atoms with E-state index in [1.165, 1.54) is 12.2 Å². The number of carbonyl (C=O) groups is 2. The van der Waals surface area contributed by atoms with E-state index in [1.54, 1.807) is 12.1 Å². The number of ether oxygens (including phenoxy) is 1. The minimum Gasteiger partial charge on any atom is -0.453 e. The molecule has 0 bridgehead atoms. The van der Waals surface area contributed by atoms with Crippen LogP contribution in [0.2, 0.25) is 0 Å². The van der Waals surface area contributed by atoms with Crippen LogP contribution in [0, 0.1) is 0 Å². The Morgan fingerprint density at radius 2 is 1.67 bits per heavy atom. The van der Waals surface area contributed by atoms with Gasteiger partial charge in [-0.05, 0) is 30.7 Å². The molecule has 1 aliphatic carbocycles. The molecule has 3 nitrogen and oxygen atoms in total. The molecule has 18 heavy (non-hydrogen) atoms. The molecule has 0 spiro atoms. The average molecular weight is 242 g/mol. The lowest BCUT2D eigenvalue weighted by Gasteiger charge is -2.15. The molecule has 0 radical (unpaired) electrons. The van der Waals surface area contributed by atoms with Crippen molar-refractivity contribution in [2.24, 2.45) is 0 Å². The molecule has 0 saturated heterocycles. The molecule has 92 valence electrons. The van der Waals surface area contributed by atoms with E-state index in [0.29, 0.717) is 17.7 Å². The molecule has 0 atom stereocenters. The second-order valence-corrected chi connectivity index (χ2v) is 4.03. The summed E-state index contributed by atoms with van der Waals surface area (Å²) in [5.74, 6) is 0.345. The standard InChI is InChI=1S/C15H14O3/c1-2-6-12-13(16)9-10-14(17)15(12)18-11-7-4-3-5-8-11/h3-5,7-10H,2,6H2,1H3. The van der Waals surface area contributed by atoms with Gasteiger partial charge in [-0.25, -0.2) is 0 Å². The van der Waals surface area contributed by atoms with E-state index in [9.17, 15) is 9.59 Å². The zero-order valence-corrected chi connectivity index (χ0v) is 10.2. The highest BCUT2D eigenvalue weighted by Crippen LogP contribution is 2.22. The maximum atomic E-state index is 11.8. The number of carbonyl (C=O) groups excluding carboxylic acids is 2. The van der Waals surface area contributed by atoms with Crippen LogP contribution in [0.25, 0.3) is 0 Å². The Kier molecular flexibility index (Phi) is 3.72. The van der Waals surface area contributed by atoms with Crippen LogP contribution >= 0.6 is 0 Å². The van der Waals surface area contributed by atoms with E-state index < -0.39 is 0 Å². The largest absolute Gasteiger partial charge is 0.453 e. The highest BCUT2D eigenvalue weighted by atomic mass is 16.5. The van der Waals surface area contributed by atoms with Gasteiger partial charge in [-0.15, -0.1) is 0 Å². The molecule has 0 N–H and O–H groups in total. The lowest BCUT2D eigenvalue weighted by molar-refractivity contribution is -0.116. The first-order chi connectivity index (χ1) is 8.72. The number of para-hydroxylation sites is 1. The fraction of sp³-hybridized carbons (Fsp3) is 0.200. The van der Waals surface area contributed by atoms with Crippen LogP contribution < -0.4 is 4.74 Å². The molecule has 1 aromatic carbocycles. The first-order valence-corrected chi connectivity index (χ1v) is 5.95. The topological polar surface area (TPSA) is 43.4 Å². The summed E-state index contributed by atoms with van der Waals surface area (Å²) in [6.45, 7) is 1.96. The van der Waals surface area contributed by atoms with Crippen LogP contribution in [-0.4, -0.2) is 11.6 Å². The molecule has 0 fully saturated rings. The number of allylic oxidation sites excluding steroid dienone is 3. The van der Waals surface area contributed by atoms with E-state index in [0.717, 1.165) is 6.42 Å². The van der Waals surface area contributed by atoms with Crippen LogP contribution in [0.5, 0.6) is 5.75 Å². The van der Waals surface area contributed by atoms with Gasteiger partial charge in [0, 0.05) is 5.57 Å². The normalized spacial score (nSPS) is 15.2. The van der Waals surface area contributed by atoms with Crippen molar-refractivity contribution in [3.63, 3.8) is 0 Å². The molecule has 0 amide bonds. The fourth-order valence-corrected chi connectivity index (χ4v) is 1.79. The highest BCUT2D eigenvalue weighted by Gasteiger charge is 2.23. The first kappa shape index (κ1) is 12.3. The predicted octanol–water partition coefficient (Wildman–Crippen LogP) is 2.83. The zero-order chi connectivity index (χ0) is 13.0. The Morgan fingerprint density at radius 1 is 1.00 bits per heavy atom. The van der Waals surface area contributed by atoms with Gasteiger partial charge >= 0.3 is 0 Å². The molecule has 0 aliphatic heterocycles. The van der Waals surface area contributed by atoms with Crippen LogP contribution in [0.4, 0.5) is 0 Å². The van der Waals surface area contributed by atoms with Crippen molar-refractivity contribution in [2.45, 2.75) is 19.8 Å². The van der Waals surface area contributed by atoms with Crippen LogP contribution in [0.3, 0.4) is 0 Å². The van der Waals surface area contributed by atoms with Gasteiger partial charge in [0.25, 0.3) is 0 Å². The zero-order valence-electron chi connectivity index (χ0n) is 10.2. The van der Waals surface area contributed by atoms with Gasteiger partial charge in [-0.1, -0.05) is 31.5 Å². The summed E-state index contributed by atoms with van der Waals surface area (Å²) in [6.07, 6.45) is 3.92. The molecule has 0 saturated carbocycles. The minimum absolute atomic E-state index is 0.137. The summed E-state index contributed by atoms with van der Waals surface area (Å²) in [7, 11) is 0. The second-order valence-electron chi connectivity index (χ2n) is 4.03. The van der Waals surface area contributed by atoms with Crippen molar-refractivity contribution in [3.05, 3.63) is 53.8 Å². The number of hydrogen-bond acceptors (Lipinski definition) is 3. The Bertz CT molecular complexity index is 524. The smallest absolute Gasteiger partial charge is 0.221 e. The van der Waals surface area contributed by atoms with Crippen LogP contribution in [-0.2, 0) is 9.59 Å². The summed E-state index contributed by atoms with van der Waals surface area (Å²) in [6, 6.07) is 9.02. The van der Waals surface area contributed by atoms with Gasteiger partial charge < -0.3 is 4.74 Å². The number of benzene rings is 1. The van der Waals surface area contributed by atoms with Gasteiger partial charge in [0.1, 0.15) is 5.75 Å². The van der Waals surface area contributed by atoms with Crippen molar-refractivity contribution >= 4 is 11.6 Å². The third-order valence-electron chi connectivity index (χ3n) is 2.64. The fourth-order valence-electron chi connectivity index (χ4n) is 1.79. The summed E-state index contributed by atoms with van der Waals surface area (Å²) < 4.78 is 5.56. The summed E-state index contributed by atoms with van der Waals surface area (Å²) in [4.78, 5) is 23.6. The van der Waals surface area contributed by atoms with E-state index in [2.05, 4.69) is 0 Å². The van der Waals surface area contributed by atoms with Crippen molar-refractivity contribution < 1.29 is 14.3 Å². The van der Waals surface area contributed by atoms with E-state index in [1.807, 2.05) is 25.1 Å². The molecule has 2 rings (SSSR count). The SMILES string of the molecule is CCCC1=C(Oc2ccccc2)C(=O)C=CC1=O. The third-order valence-corrected chi connectivity index (χ3v) is 2.64. The number of hydrogen-bond donors (Lipinski definition) is 0. The Balaban J connectivity index is 2.33. The maximum absolute atomic E-state index is 11.8. The lowest BCUT2D eigenvalue weighted by atomic mass is 9.98. The third kappa shape index (κ3) is 2.56. The molecule has 0 heterocycles. The predicted molar refractivity (Wildman–Crippen MR) is 68.2 cm³/mol. The van der Waals surface area contributed by atoms with Crippen LogP contribution in [0.1, 0.15) is 19.8 Å². The van der Waals surface area contributed by atoms with E-state index >= 15 is 0 Å². The molecule has 1 aliphatic rings. The van der Waals surface area contributed by atoms with Gasteiger partial charge in [-0.3, -0.25) is 9.59 Å². The molecule has 0 unspecified atom stereocenters. The molecule has 1 aromatic rings. The quantitative estimate of drug-likeness (QED) is 0.762. The second kappa shape index (κ2) is 5.45. The molecular weight excluding hydrogens is 228 g/mol. The van der Waals surface area contributed by atoms with Gasteiger partial charge in [0.05, 0.1) is 0 Å². The first-order valence-electron chi connectivity index (χ1n) is 5.95. The monoisotopic (exact) mass is 242 g/mol. The summed E-state index contributed by atoms with van der Waals surface area (Å²) in [5, 5.41) is 0. The average Bonchev–Trinajstić information content (AvgIpc) is 2.39. The van der Waals surface area contributed by atoms with E-state index in [-0.39, 0.29) is 17.3 Å². The molecule has 0 aromatic heterocycles. The van der Waals surface area contributed by atoms with Crippen molar-refractivity contribution in [1.29, 1.82) is 0 Å².